The number of ether oxygens (including phenoxy) is 1. The number of carbonyl (C=O) groups excluding carboxylic acids is 1. The van der Waals surface area contributed by atoms with Crippen LogP contribution in [0.15, 0.2) is 0 Å². The number of unbranched alkanes of at least 4 members (excludes halogenated alkanes) is 4. The van der Waals surface area contributed by atoms with Gasteiger partial charge in [0, 0.05) is 19.4 Å². The third-order valence-electron chi connectivity index (χ3n) is 2.51. The van der Waals surface area contributed by atoms with Crippen molar-refractivity contribution in [1.82, 2.24) is 0 Å². The maximum atomic E-state index is 10.6. The van der Waals surface area contributed by atoms with Gasteiger partial charge < -0.3 is 4.74 Å². The van der Waals surface area contributed by atoms with Gasteiger partial charge in [0.1, 0.15) is 5.78 Å². The van der Waals surface area contributed by atoms with Crippen LogP contribution < -0.4 is 0 Å². The first kappa shape index (κ1) is 10.7. The molecule has 0 N–H and O–H groups in total. The SMILES string of the molecule is CCCCCCCOC1CC(=O)C1. The topological polar surface area (TPSA) is 26.3 Å². The highest BCUT2D eigenvalue weighted by atomic mass is 16.5. The van der Waals surface area contributed by atoms with Crippen molar-refractivity contribution in [1.29, 1.82) is 0 Å². The Hall–Kier alpha value is -0.370. The molecule has 0 bridgehead atoms. The lowest BCUT2D eigenvalue weighted by Gasteiger charge is -2.24. The van der Waals surface area contributed by atoms with Crippen LogP contribution in [0, 0.1) is 0 Å². The number of rotatable bonds is 7. The Balaban J connectivity index is 1.77. The molecule has 0 spiro atoms. The van der Waals surface area contributed by atoms with E-state index in [9.17, 15) is 4.79 Å². The molecule has 0 atom stereocenters. The fourth-order valence-corrected chi connectivity index (χ4v) is 1.52. The van der Waals surface area contributed by atoms with Crippen LogP contribution in [0.25, 0.3) is 0 Å². The van der Waals surface area contributed by atoms with Crippen molar-refractivity contribution in [3.63, 3.8) is 0 Å². The summed E-state index contributed by atoms with van der Waals surface area (Å²) in [5, 5.41) is 0. The maximum Gasteiger partial charge on any atom is 0.138 e. The zero-order valence-electron chi connectivity index (χ0n) is 8.55. The van der Waals surface area contributed by atoms with Crippen LogP contribution in [0.4, 0.5) is 0 Å². The van der Waals surface area contributed by atoms with E-state index in [1.807, 2.05) is 0 Å². The minimum Gasteiger partial charge on any atom is -0.377 e. The molecule has 13 heavy (non-hydrogen) atoms. The molecule has 0 aliphatic heterocycles. The van der Waals surface area contributed by atoms with E-state index >= 15 is 0 Å². The van der Waals surface area contributed by atoms with Crippen molar-refractivity contribution >= 4 is 5.78 Å². The Kier molecular flexibility index (Phi) is 5.06. The van der Waals surface area contributed by atoms with Crippen molar-refractivity contribution < 1.29 is 9.53 Å². The van der Waals surface area contributed by atoms with Crippen LogP contribution in [0.2, 0.25) is 0 Å². The summed E-state index contributed by atoms with van der Waals surface area (Å²) < 4.78 is 5.51. The molecule has 76 valence electrons. The molecular formula is C11H20O2. The number of carbonyl (C=O) groups is 1. The average Bonchev–Trinajstić information content (AvgIpc) is 2.07. The summed E-state index contributed by atoms with van der Waals surface area (Å²) in [5.74, 6) is 0.357. The molecule has 0 amide bonds. The number of hydrogen-bond donors (Lipinski definition) is 0. The maximum absolute atomic E-state index is 10.6. The van der Waals surface area contributed by atoms with Crippen molar-refractivity contribution in [2.75, 3.05) is 6.61 Å². The summed E-state index contributed by atoms with van der Waals surface area (Å²) in [4.78, 5) is 10.6. The van der Waals surface area contributed by atoms with Crippen LogP contribution in [0.5, 0.6) is 0 Å². The first-order chi connectivity index (χ1) is 6.33. The standard InChI is InChI=1S/C11H20O2/c1-2-3-4-5-6-7-13-11-8-10(12)9-11/h11H,2-9H2,1H3. The van der Waals surface area contributed by atoms with Gasteiger partial charge in [-0.15, -0.1) is 0 Å². The first-order valence-electron chi connectivity index (χ1n) is 5.46. The van der Waals surface area contributed by atoms with E-state index in [4.69, 9.17) is 4.74 Å². The van der Waals surface area contributed by atoms with Gasteiger partial charge in [0.05, 0.1) is 6.10 Å². The van der Waals surface area contributed by atoms with E-state index in [0.717, 1.165) is 13.0 Å². The Morgan fingerprint density at radius 1 is 1.23 bits per heavy atom. The fourth-order valence-electron chi connectivity index (χ4n) is 1.52. The molecule has 0 heterocycles. The van der Waals surface area contributed by atoms with Gasteiger partial charge in [0.15, 0.2) is 0 Å². The van der Waals surface area contributed by atoms with Gasteiger partial charge in [-0.1, -0.05) is 32.6 Å². The average molecular weight is 184 g/mol. The normalized spacial score (nSPS) is 17.5. The van der Waals surface area contributed by atoms with E-state index in [1.54, 1.807) is 0 Å². The Morgan fingerprint density at radius 2 is 1.92 bits per heavy atom. The number of ketones is 1. The highest BCUT2D eigenvalue weighted by Crippen LogP contribution is 2.18. The Morgan fingerprint density at radius 3 is 2.54 bits per heavy atom. The van der Waals surface area contributed by atoms with E-state index in [0.29, 0.717) is 18.6 Å². The van der Waals surface area contributed by atoms with Gasteiger partial charge in [-0.25, -0.2) is 0 Å². The van der Waals surface area contributed by atoms with Crippen LogP contribution in [-0.4, -0.2) is 18.5 Å². The zero-order valence-corrected chi connectivity index (χ0v) is 8.55. The minimum absolute atomic E-state index is 0.263. The molecule has 0 aromatic carbocycles. The molecule has 2 heteroatoms. The summed E-state index contributed by atoms with van der Waals surface area (Å²) in [6.45, 7) is 3.07. The predicted molar refractivity (Wildman–Crippen MR) is 52.7 cm³/mol. The molecule has 0 unspecified atom stereocenters. The summed E-state index contributed by atoms with van der Waals surface area (Å²) in [6, 6.07) is 0. The van der Waals surface area contributed by atoms with Crippen molar-refractivity contribution in [3.8, 4) is 0 Å². The van der Waals surface area contributed by atoms with Crippen LogP contribution in [-0.2, 0) is 9.53 Å². The van der Waals surface area contributed by atoms with E-state index < -0.39 is 0 Å². The summed E-state index contributed by atoms with van der Waals surface area (Å²) >= 11 is 0. The fraction of sp³-hybridized carbons (Fsp3) is 0.909. The van der Waals surface area contributed by atoms with Gasteiger partial charge in [-0.3, -0.25) is 4.79 Å². The van der Waals surface area contributed by atoms with Gasteiger partial charge in [-0.05, 0) is 6.42 Å². The monoisotopic (exact) mass is 184 g/mol. The quantitative estimate of drug-likeness (QED) is 0.569. The Bertz CT molecular complexity index is 146. The van der Waals surface area contributed by atoms with Crippen LogP contribution in [0.1, 0.15) is 51.9 Å². The molecule has 0 saturated heterocycles. The Labute approximate surface area is 80.7 Å². The largest absolute Gasteiger partial charge is 0.377 e. The molecule has 1 fully saturated rings. The molecule has 0 aromatic heterocycles. The summed E-state index contributed by atoms with van der Waals surface area (Å²) in [6.07, 6.45) is 7.96. The number of hydrogen-bond acceptors (Lipinski definition) is 2. The third kappa shape index (κ3) is 4.41. The van der Waals surface area contributed by atoms with E-state index in [1.165, 1.54) is 25.7 Å². The number of Topliss-reactive ketones (excluding diaryl/α,β-unsaturated/α-hetero) is 1. The summed E-state index contributed by atoms with van der Waals surface area (Å²) in [7, 11) is 0. The molecule has 1 aliphatic carbocycles. The first-order valence-corrected chi connectivity index (χ1v) is 5.46. The lowest BCUT2D eigenvalue weighted by molar-refractivity contribution is -0.134. The van der Waals surface area contributed by atoms with Crippen molar-refractivity contribution in [2.24, 2.45) is 0 Å². The second-order valence-electron chi connectivity index (χ2n) is 3.85. The highest BCUT2D eigenvalue weighted by molar-refractivity contribution is 5.85. The highest BCUT2D eigenvalue weighted by Gasteiger charge is 2.26. The molecule has 2 nitrogen and oxygen atoms in total. The van der Waals surface area contributed by atoms with E-state index in [2.05, 4.69) is 6.92 Å². The second kappa shape index (κ2) is 6.14. The molecule has 1 aliphatic rings. The molecular weight excluding hydrogens is 164 g/mol. The summed E-state index contributed by atoms with van der Waals surface area (Å²) in [5.41, 5.74) is 0. The van der Waals surface area contributed by atoms with Crippen molar-refractivity contribution in [3.05, 3.63) is 0 Å². The molecule has 0 radical (unpaired) electrons. The smallest absolute Gasteiger partial charge is 0.138 e. The van der Waals surface area contributed by atoms with Gasteiger partial charge in [-0.2, -0.15) is 0 Å². The van der Waals surface area contributed by atoms with Gasteiger partial charge >= 0.3 is 0 Å². The van der Waals surface area contributed by atoms with Crippen LogP contribution >= 0.6 is 0 Å². The van der Waals surface area contributed by atoms with Gasteiger partial charge in [0.25, 0.3) is 0 Å². The third-order valence-corrected chi connectivity index (χ3v) is 2.51. The lowest BCUT2D eigenvalue weighted by Crippen LogP contribution is -2.31. The zero-order chi connectivity index (χ0) is 9.52. The lowest BCUT2D eigenvalue weighted by atomic mass is 9.94. The molecule has 0 aromatic rings. The molecule has 1 saturated carbocycles. The van der Waals surface area contributed by atoms with Crippen molar-refractivity contribution in [2.45, 2.75) is 58.0 Å². The predicted octanol–water partition coefficient (Wildman–Crippen LogP) is 2.70. The van der Waals surface area contributed by atoms with Gasteiger partial charge in [0.2, 0.25) is 0 Å². The minimum atomic E-state index is 0.263. The second-order valence-corrected chi connectivity index (χ2v) is 3.85. The van der Waals surface area contributed by atoms with E-state index in [-0.39, 0.29) is 6.10 Å². The van der Waals surface area contributed by atoms with Crippen LogP contribution in [0.3, 0.4) is 0 Å². The molecule has 1 rings (SSSR count).